The molecule has 0 fully saturated rings. The fourth-order valence-electron chi connectivity index (χ4n) is 2.75. The lowest BCUT2D eigenvalue weighted by Crippen LogP contribution is -2.40. The lowest BCUT2D eigenvalue weighted by Gasteiger charge is -2.25. The fraction of sp³-hybridized carbons (Fsp3) is 0.100. The molecule has 0 radical (unpaired) electrons. The molecule has 1 aliphatic heterocycles. The van der Waals surface area contributed by atoms with E-state index in [1.165, 1.54) is 0 Å². The van der Waals surface area contributed by atoms with Gasteiger partial charge in [0.15, 0.2) is 11.5 Å². The highest BCUT2D eigenvalue weighted by Gasteiger charge is 2.29. The summed E-state index contributed by atoms with van der Waals surface area (Å²) in [6, 6.07) is 18.2. The number of para-hydroxylation sites is 2. The Morgan fingerprint density at radius 3 is 2.48 bits per heavy atom. The van der Waals surface area contributed by atoms with E-state index in [4.69, 9.17) is 9.47 Å². The summed E-state index contributed by atoms with van der Waals surface area (Å²) in [6.07, 6.45) is -0.860. The molecule has 27 heavy (non-hydrogen) atoms. The molecular formula is C20H15NO5S. The fourth-order valence-corrected chi connectivity index (χ4v) is 3.71. The van der Waals surface area contributed by atoms with E-state index in [1.807, 2.05) is 36.4 Å². The number of hydrogen-bond acceptors (Lipinski definition) is 5. The van der Waals surface area contributed by atoms with Crippen LogP contribution in [0.4, 0.5) is 5.69 Å². The Balaban J connectivity index is 1.56. The van der Waals surface area contributed by atoms with Crippen molar-refractivity contribution in [3.8, 4) is 21.9 Å². The largest absolute Gasteiger partial charge is 0.485 e. The number of benzene rings is 2. The standard InChI is InChI=1S/C20H15NO5S/c22-19(16-11-25-14-8-4-5-9-15(14)26-16)21-13-10-17(27-18(13)20(23)24)12-6-2-1-3-7-12/h1-10,16H,11H2,(H,21,22)(H,23,24)/t16-/m0/s1. The molecule has 2 heterocycles. The lowest BCUT2D eigenvalue weighted by atomic mass is 10.2. The number of hydrogen-bond donors (Lipinski definition) is 2. The van der Waals surface area contributed by atoms with E-state index in [1.54, 1.807) is 24.3 Å². The van der Waals surface area contributed by atoms with E-state index in [9.17, 15) is 14.7 Å². The Labute approximate surface area is 159 Å². The SMILES string of the molecule is O=C(O)c1sc(-c2ccccc2)cc1NC(=O)[C@@H]1COc2ccccc2O1. The number of nitrogens with one attached hydrogen (secondary N) is 1. The van der Waals surface area contributed by atoms with E-state index < -0.39 is 18.0 Å². The number of carbonyl (C=O) groups is 2. The number of fused-ring (bicyclic) bond motifs is 1. The van der Waals surface area contributed by atoms with Crippen LogP contribution in [0.2, 0.25) is 0 Å². The van der Waals surface area contributed by atoms with Crippen LogP contribution in [0.15, 0.2) is 60.7 Å². The van der Waals surface area contributed by atoms with Gasteiger partial charge in [-0.2, -0.15) is 0 Å². The number of rotatable bonds is 4. The summed E-state index contributed by atoms with van der Waals surface area (Å²) in [5.41, 5.74) is 1.13. The van der Waals surface area contributed by atoms with Gasteiger partial charge in [0.1, 0.15) is 11.5 Å². The van der Waals surface area contributed by atoms with Gasteiger partial charge in [0.25, 0.3) is 5.91 Å². The van der Waals surface area contributed by atoms with Crippen LogP contribution < -0.4 is 14.8 Å². The van der Waals surface area contributed by atoms with Crippen molar-refractivity contribution in [2.24, 2.45) is 0 Å². The van der Waals surface area contributed by atoms with E-state index in [2.05, 4.69) is 5.32 Å². The van der Waals surface area contributed by atoms with E-state index in [-0.39, 0.29) is 17.2 Å². The van der Waals surface area contributed by atoms with E-state index >= 15 is 0 Å². The molecule has 0 saturated heterocycles. The summed E-state index contributed by atoms with van der Waals surface area (Å²) in [6.45, 7) is 0.0565. The van der Waals surface area contributed by atoms with Gasteiger partial charge in [-0.25, -0.2) is 4.79 Å². The maximum atomic E-state index is 12.6. The summed E-state index contributed by atoms with van der Waals surface area (Å²) >= 11 is 1.11. The monoisotopic (exact) mass is 381 g/mol. The minimum atomic E-state index is -1.09. The van der Waals surface area contributed by atoms with Crippen LogP contribution in [0.5, 0.6) is 11.5 Å². The highest BCUT2D eigenvalue weighted by Crippen LogP contribution is 2.35. The van der Waals surface area contributed by atoms with Crippen LogP contribution >= 0.6 is 11.3 Å². The van der Waals surface area contributed by atoms with Crippen molar-refractivity contribution in [1.82, 2.24) is 0 Å². The first-order valence-electron chi connectivity index (χ1n) is 8.24. The summed E-state index contributed by atoms with van der Waals surface area (Å²) < 4.78 is 11.2. The lowest BCUT2D eigenvalue weighted by molar-refractivity contribution is -0.125. The van der Waals surface area contributed by atoms with Gasteiger partial charge in [-0.15, -0.1) is 11.3 Å². The highest BCUT2D eigenvalue weighted by atomic mass is 32.1. The maximum absolute atomic E-state index is 12.6. The zero-order valence-electron chi connectivity index (χ0n) is 14.0. The number of amides is 1. The normalized spacial score (nSPS) is 15.2. The zero-order valence-corrected chi connectivity index (χ0v) is 14.9. The summed E-state index contributed by atoms with van der Waals surface area (Å²) in [5, 5.41) is 12.2. The summed E-state index contributed by atoms with van der Waals surface area (Å²) in [7, 11) is 0. The van der Waals surface area contributed by atoms with Crippen LogP contribution in [0.1, 0.15) is 9.67 Å². The van der Waals surface area contributed by atoms with Crippen molar-refractivity contribution >= 4 is 28.9 Å². The van der Waals surface area contributed by atoms with Crippen molar-refractivity contribution in [2.75, 3.05) is 11.9 Å². The summed E-state index contributed by atoms with van der Waals surface area (Å²) in [4.78, 5) is 25.0. The number of anilines is 1. The third-order valence-electron chi connectivity index (χ3n) is 4.04. The number of carboxylic acids is 1. The molecule has 0 unspecified atom stereocenters. The quantitative estimate of drug-likeness (QED) is 0.716. The predicted octanol–water partition coefficient (Wildman–Crippen LogP) is 3.89. The second kappa shape index (κ2) is 7.13. The predicted molar refractivity (Wildman–Crippen MR) is 102 cm³/mol. The molecule has 3 aromatic rings. The van der Waals surface area contributed by atoms with E-state index in [0.29, 0.717) is 11.5 Å². The van der Waals surface area contributed by atoms with Gasteiger partial charge < -0.3 is 19.9 Å². The molecule has 1 aliphatic rings. The Morgan fingerprint density at radius 1 is 1.04 bits per heavy atom. The second-order valence-electron chi connectivity index (χ2n) is 5.88. The molecule has 0 spiro atoms. The molecule has 0 saturated carbocycles. The number of carboxylic acid groups (broad SMARTS) is 1. The van der Waals surface area contributed by atoms with Crippen LogP contribution in [0.25, 0.3) is 10.4 Å². The number of aromatic carboxylic acids is 1. The Morgan fingerprint density at radius 2 is 1.74 bits per heavy atom. The van der Waals surface area contributed by atoms with Crippen molar-refractivity contribution in [1.29, 1.82) is 0 Å². The first-order chi connectivity index (χ1) is 13.1. The molecule has 7 heteroatoms. The smallest absolute Gasteiger partial charge is 0.348 e. The zero-order chi connectivity index (χ0) is 18.8. The molecule has 2 N–H and O–H groups in total. The first kappa shape index (κ1) is 17.1. The molecule has 0 bridgehead atoms. The topological polar surface area (TPSA) is 84.9 Å². The molecule has 6 nitrogen and oxygen atoms in total. The third kappa shape index (κ3) is 3.50. The highest BCUT2D eigenvalue weighted by molar-refractivity contribution is 7.18. The molecule has 0 aliphatic carbocycles. The van der Waals surface area contributed by atoms with Crippen LogP contribution in [-0.2, 0) is 4.79 Å². The maximum Gasteiger partial charge on any atom is 0.348 e. The van der Waals surface area contributed by atoms with Crippen LogP contribution in [0.3, 0.4) is 0 Å². The van der Waals surface area contributed by atoms with Gasteiger partial charge in [0, 0.05) is 4.88 Å². The summed E-state index contributed by atoms with van der Waals surface area (Å²) in [5.74, 6) is -0.486. The Bertz CT molecular complexity index is 999. The average Bonchev–Trinajstić information content (AvgIpc) is 3.12. The minimum absolute atomic E-state index is 0.0565. The molecule has 1 atom stereocenters. The average molecular weight is 381 g/mol. The molecular weight excluding hydrogens is 366 g/mol. The van der Waals surface area contributed by atoms with Crippen molar-refractivity contribution in [2.45, 2.75) is 6.10 Å². The minimum Gasteiger partial charge on any atom is -0.485 e. The molecule has 2 aromatic carbocycles. The molecule has 1 aromatic heterocycles. The third-order valence-corrected chi connectivity index (χ3v) is 5.22. The van der Waals surface area contributed by atoms with E-state index in [0.717, 1.165) is 21.8 Å². The Hall–Kier alpha value is -3.32. The van der Waals surface area contributed by atoms with Crippen molar-refractivity contribution in [3.63, 3.8) is 0 Å². The second-order valence-corrected chi connectivity index (χ2v) is 6.93. The van der Waals surface area contributed by atoms with Crippen molar-refractivity contribution < 1.29 is 24.2 Å². The van der Waals surface area contributed by atoms with Gasteiger partial charge in [-0.1, -0.05) is 42.5 Å². The number of ether oxygens (including phenoxy) is 2. The van der Waals surface area contributed by atoms with Gasteiger partial charge in [0.05, 0.1) is 5.69 Å². The van der Waals surface area contributed by atoms with Crippen molar-refractivity contribution in [3.05, 3.63) is 65.5 Å². The number of thiophene rings is 1. The number of carbonyl (C=O) groups excluding carboxylic acids is 1. The van der Waals surface area contributed by atoms with Gasteiger partial charge >= 0.3 is 5.97 Å². The first-order valence-corrected chi connectivity index (χ1v) is 9.05. The Kier molecular flexibility index (Phi) is 4.52. The van der Waals surface area contributed by atoms with Gasteiger partial charge in [0.2, 0.25) is 6.10 Å². The van der Waals surface area contributed by atoms with Gasteiger partial charge in [-0.05, 0) is 23.8 Å². The van der Waals surface area contributed by atoms with Crippen LogP contribution in [0, 0.1) is 0 Å². The van der Waals surface area contributed by atoms with Gasteiger partial charge in [-0.3, -0.25) is 4.79 Å². The molecule has 1 amide bonds. The molecule has 4 rings (SSSR count). The van der Waals surface area contributed by atoms with Crippen LogP contribution in [-0.4, -0.2) is 29.7 Å². The molecule has 136 valence electrons.